The Morgan fingerprint density at radius 3 is 2.64 bits per heavy atom. The van der Waals surface area contributed by atoms with Crippen molar-refractivity contribution < 1.29 is 14.3 Å². The molecule has 7 heteroatoms. The summed E-state index contributed by atoms with van der Waals surface area (Å²) in [6, 6.07) is 10.6. The molecule has 0 saturated carbocycles. The summed E-state index contributed by atoms with van der Waals surface area (Å²) in [4.78, 5) is 32.5. The molecule has 0 amide bonds. The van der Waals surface area contributed by atoms with E-state index in [1.807, 2.05) is 18.2 Å². The molecule has 0 radical (unpaired) electrons. The van der Waals surface area contributed by atoms with Crippen LogP contribution in [0.2, 0.25) is 0 Å². The number of Topliss-reactive ketones (excluding diaryl/α,β-unsaturated/α-hetero) is 1. The highest BCUT2D eigenvalue weighted by atomic mass is 16.4. The summed E-state index contributed by atoms with van der Waals surface area (Å²) in [5.41, 5.74) is 0.248. The van der Waals surface area contributed by atoms with E-state index in [4.69, 9.17) is 4.42 Å². The minimum atomic E-state index is -0.674. The molecule has 0 aliphatic carbocycles. The second-order valence-electron chi connectivity index (χ2n) is 6.94. The summed E-state index contributed by atoms with van der Waals surface area (Å²) < 4.78 is 5.41. The van der Waals surface area contributed by atoms with Crippen LogP contribution < -0.4 is 10.5 Å². The second-order valence-corrected chi connectivity index (χ2v) is 6.94. The zero-order valence-corrected chi connectivity index (χ0v) is 15.6. The first kappa shape index (κ1) is 18.2. The van der Waals surface area contributed by atoms with Crippen LogP contribution in [-0.2, 0) is 6.54 Å². The van der Waals surface area contributed by atoms with Crippen molar-refractivity contribution in [1.29, 1.82) is 0 Å². The first-order valence-electron chi connectivity index (χ1n) is 9.21. The monoisotopic (exact) mass is 379 g/mol. The van der Waals surface area contributed by atoms with Gasteiger partial charge in [-0.2, -0.15) is 0 Å². The Kier molecular flexibility index (Phi) is 4.83. The highest BCUT2D eigenvalue weighted by Crippen LogP contribution is 2.28. The fourth-order valence-electron chi connectivity index (χ4n) is 3.53. The molecule has 0 atom stereocenters. The number of anilines is 1. The lowest BCUT2D eigenvalue weighted by molar-refractivity contribution is 0.101. The molecule has 0 bridgehead atoms. The second kappa shape index (κ2) is 7.44. The molecule has 0 unspecified atom stereocenters. The Hall–Kier alpha value is -3.19. The topological polar surface area (TPSA) is 86.9 Å². The molecule has 1 aliphatic heterocycles. The van der Waals surface area contributed by atoms with Crippen LogP contribution in [0.15, 0.2) is 51.8 Å². The third-order valence-corrected chi connectivity index (χ3v) is 5.09. The minimum Gasteiger partial charge on any atom is -0.507 e. The molecule has 144 valence electrons. The first-order valence-corrected chi connectivity index (χ1v) is 9.21. The van der Waals surface area contributed by atoms with Gasteiger partial charge in [-0.15, -0.1) is 0 Å². The van der Waals surface area contributed by atoms with Crippen LogP contribution in [0.25, 0.3) is 11.0 Å². The maximum Gasteiger partial charge on any atom is 0.347 e. The number of aromatic hydroxyl groups is 1. The zero-order chi connectivity index (χ0) is 19.7. The van der Waals surface area contributed by atoms with E-state index in [9.17, 15) is 14.7 Å². The summed E-state index contributed by atoms with van der Waals surface area (Å²) in [5, 5.41) is 11.0. The van der Waals surface area contributed by atoms with E-state index in [1.54, 1.807) is 18.3 Å². The Bertz CT molecular complexity index is 1070. The van der Waals surface area contributed by atoms with Gasteiger partial charge in [0.25, 0.3) is 0 Å². The molecule has 7 nitrogen and oxygen atoms in total. The number of hydrogen-bond donors (Lipinski definition) is 1. The van der Waals surface area contributed by atoms with E-state index in [0.717, 1.165) is 32.0 Å². The number of fused-ring (bicyclic) bond motifs is 1. The molecular weight excluding hydrogens is 358 g/mol. The molecule has 3 heterocycles. The van der Waals surface area contributed by atoms with Crippen LogP contribution in [0.5, 0.6) is 5.75 Å². The van der Waals surface area contributed by atoms with Crippen molar-refractivity contribution in [3.63, 3.8) is 0 Å². The maximum absolute atomic E-state index is 12.1. The number of carbonyl (C=O) groups excluding carboxylic acids is 1. The van der Waals surface area contributed by atoms with E-state index >= 15 is 0 Å². The minimum absolute atomic E-state index is 0.0214. The number of nitrogens with zero attached hydrogens (tertiary/aromatic N) is 3. The van der Waals surface area contributed by atoms with Gasteiger partial charge in [-0.1, -0.05) is 6.07 Å². The molecule has 28 heavy (non-hydrogen) atoms. The van der Waals surface area contributed by atoms with Gasteiger partial charge in [-0.05, 0) is 37.3 Å². The molecule has 3 aromatic rings. The normalized spacial score (nSPS) is 15.1. The van der Waals surface area contributed by atoms with Gasteiger partial charge < -0.3 is 14.4 Å². The first-order chi connectivity index (χ1) is 13.5. The molecule has 4 rings (SSSR count). The molecule has 1 aromatic carbocycles. The number of rotatable bonds is 4. The number of aromatic nitrogens is 1. The Labute approximate surface area is 161 Å². The van der Waals surface area contributed by atoms with Crippen LogP contribution >= 0.6 is 0 Å². The van der Waals surface area contributed by atoms with Gasteiger partial charge in [0.05, 0.1) is 5.56 Å². The van der Waals surface area contributed by atoms with E-state index in [2.05, 4.69) is 14.8 Å². The Morgan fingerprint density at radius 1 is 1.18 bits per heavy atom. The number of phenols is 1. The standard InChI is InChI=1S/C21H21N3O4/c1-14(25)16-12-15-5-6-18(26)17(20(15)28-21(16)27)13-23-8-10-24(11-9-23)19-4-2-3-7-22-19/h2-7,12,26H,8-11,13H2,1H3. The lowest BCUT2D eigenvalue weighted by atomic mass is 10.1. The van der Waals surface area contributed by atoms with E-state index in [0.29, 0.717) is 23.1 Å². The molecule has 1 N–H and O–H groups in total. The summed E-state index contributed by atoms with van der Waals surface area (Å²) >= 11 is 0. The van der Waals surface area contributed by atoms with Crippen molar-refractivity contribution in [3.05, 3.63) is 64.1 Å². The Balaban J connectivity index is 1.57. The number of benzene rings is 1. The van der Waals surface area contributed by atoms with Crippen LogP contribution in [0.3, 0.4) is 0 Å². The predicted octanol–water partition coefficient (Wildman–Crippen LogP) is 2.42. The highest BCUT2D eigenvalue weighted by molar-refractivity contribution is 5.97. The summed E-state index contributed by atoms with van der Waals surface area (Å²) in [6.07, 6.45) is 1.78. The lowest BCUT2D eigenvalue weighted by Crippen LogP contribution is -2.46. The van der Waals surface area contributed by atoms with Crippen LogP contribution in [-0.4, -0.2) is 47.0 Å². The van der Waals surface area contributed by atoms with E-state index in [-0.39, 0.29) is 17.1 Å². The van der Waals surface area contributed by atoms with Gasteiger partial charge in [0.2, 0.25) is 0 Å². The van der Waals surface area contributed by atoms with Gasteiger partial charge in [0.15, 0.2) is 5.78 Å². The highest BCUT2D eigenvalue weighted by Gasteiger charge is 2.21. The number of pyridine rings is 1. The van der Waals surface area contributed by atoms with Crippen LogP contribution in [0.1, 0.15) is 22.8 Å². The fourth-order valence-corrected chi connectivity index (χ4v) is 3.53. The lowest BCUT2D eigenvalue weighted by Gasteiger charge is -2.35. The van der Waals surface area contributed by atoms with Gasteiger partial charge in [0, 0.05) is 44.3 Å². The molecular formula is C21H21N3O4. The van der Waals surface area contributed by atoms with Gasteiger partial charge in [0.1, 0.15) is 22.7 Å². The van der Waals surface area contributed by atoms with Crippen molar-refractivity contribution in [3.8, 4) is 5.75 Å². The number of hydrogen-bond acceptors (Lipinski definition) is 7. The van der Waals surface area contributed by atoms with E-state index < -0.39 is 5.63 Å². The van der Waals surface area contributed by atoms with Crippen LogP contribution in [0.4, 0.5) is 5.82 Å². The SMILES string of the molecule is CC(=O)c1cc2ccc(O)c(CN3CCN(c4ccccn4)CC3)c2oc1=O. The van der Waals surface area contributed by atoms with Crippen molar-refractivity contribution in [2.24, 2.45) is 0 Å². The average molecular weight is 379 g/mol. The number of piperazine rings is 1. The molecule has 1 aliphatic rings. The smallest absolute Gasteiger partial charge is 0.347 e. The largest absolute Gasteiger partial charge is 0.507 e. The molecule has 0 spiro atoms. The maximum atomic E-state index is 12.1. The van der Waals surface area contributed by atoms with Crippen molar-refractivity contribution >= 4 is 22.6 Å². The number of carbonyl (C=O) groups is 1. The molecule has 1 fully saturated rings. The zero-order valence-electron chi connectivity index (χ0n) is 15.6. The number of phenolic OH excluding ortho intramolecular Hbond substituents is 1. The number of ketones is 1. The fraction of sp³-hybridized carbons (Fsp3) is 0.286. The summed E-state index contributed by atoms with van der Waals surface area (Å²) in [7, 11) is 0. The average Bonchev–Trinajstić information content (AvgIpc) is 2.71. The van der Waals surface area contributed by atoms with Gasteiger partial charge in [-0.3, -0.25) is 9.69 Å². The van der Waals surface area contributed by atoms with E-state index in [1.165, 1.54) is 13.0 Å². The molecule has 2 aromatic heterocycles. The van der Waals surface area contributed by atoms with Crippen molar-refractivity contribution in [1.82, 2.24) is 9.88 Å². The van der Waals surface area contributed by atoms with Crippen molar-refractivity contribution in [2.75, 3.05) is 31.1 Å². The third kappa shape index (κ3) is 3.48. The Morgan fingerprint density at radius 2 is 1.96 bits per heavy atom. The van der Waals surface area contributed by atoms with Gasteiger partial charge in [-0.25, -0.2) is 9.78 Å². The van der Waals surface area contributed by atoms with Gasteiger partial charge >= 0.3 is 5.63 Å². The molecule has 1 saturated heterocycles. The van der Waals surface area contributed by atoms with Crippen LogP contribution in [0, 0.1) is 0 Å². The third-order valence-electron chi connectivity index (χ3n) is 5.09. The quantitative estimate of drug-likeness (QED) is 0.550. The summed E-state index contributed by atoms with van der Waals surface area (Å²) in [5.74, 6) is 0.701. The van der Waals surface area contributed by atoms with Crippen molar-refractivity contribution in [2.45, 2.75) is 13.5 Å². The summed E-state index contributed by atoms with van der Waals surface area (Å²) in [6.45, 7) is 5.02. The predicted molar refractivity (Wildman–Crippen MR) is 106 cm³/mol.